The van der Waals surface area contributed by atoms with Crippen LogP contribution in [0.4, 0.5) is 0 Å². The largest absolute Gasteiger partial charge is 0.323 e. The van der Waals surface area contributed by atoms with Gasteiger partial charge in [0.15, 0.2) is 0 Å². The third-order valence-corrected chi connectivity index (χ3v) is 2.57. The van der Waals surface area contributed by atoms with Gasteiger partial charge in [0, 0.05) is 11.8 Å². The maximum absolute atomic E-state index is 5.66. The standard InChI is InChI=1S/C8H16N4S/c1-3-13-5-4-12-6-8(7(2)9)10-11-12/h6-7H,3-5,9H2,1-2H3. The Hall–Kier alpha value is -0.550. The summed E-state index contributed by atoms with van der Waals surface area (Å²) in [6, 6.07) is -0.0208. The van der Waals surface area contributed by atoms with Gasteiger partial charge in [0.05, 0.1) is 18.4 Å². The average Bonchev–Trinajstić information content (AvgIpc) is 2.53. The highest BCUT2D eigenvalue weighted by atomic mass is 32.2. The number of hydrogen-bond acceptors (Lipinski definition) is 4. The molecule has 1 atom stereocenters. The molecule has 0 saturated carbocycles. The molecule has 1 unspecified atom stereocenters. The highest BCUT2D eigenvalue weighted by molar-refractivity contribution is 7.99. The Labute approximate surface area is 82.9 Å². The van der Waals surface area contributed by atoms with Crippen LogP contribution in [-0.4, -0.2) is 26.5 Å². The molecule has 1 aromatic rings. The number of rotatable bonds is 5. The van der Waals surface area contributed by atoms with E-state index in [1.54, 1.807) is 0 Å². The van der Waals surface area contributed by atoms with E-state index in [0.29, 0.717) is 0 Å². The van der Waals surface area contributed by atoms with Gasteiger partial charge in [-0.2, -0.15) is 11.8 Å². The number of thioether (sulfide) groups is 1. The highest BCUT2D eigenvalue weighted by Crippen LogP contribution is 2.05. The summed E-state index contributed by atoms with van der Waals surface area (Å²) in [4.78, 5) is 0. The minimum atomic E-state index is -0.0208. The molecule has 1 rings (SSSR count). The predicted octanol–water partition coefficient (Wildman–Crippen LogP) is 1.05. The molecule has 0 aromatic carbocycles. The van der Waals surface area contributed by atoms with Gasteiger partial charge in [-0.25, -0.2) is 0 Å². The number of hydrogen-bond donors (Lipinski definition) is 1. The normalized spacial score (nSPS) is 13.2. The monoisotopic (exact) mass is 200 g/mol. The molecule has 74 valence electrons. The molecule has 4 nitrogen and oxygen atoms in total. The van der Waals surface area contributed by atoms with Gasteiger partial charge in [-0.1, -0.05) is 12.1 Å². The van der Waals surface area contributed by atoms with Gasteiger partial charge in [-0.3, -0.25) is 4.68 Å². The van der Waals surface area contributed by atoms with Crippen LogP contribution in [0.2, 0.25) is 0 Å². The first-order valence-electron chi connectivity index (χ1n) is 4.47. The van der Waals surface area contributed by atoms with Crippen LogP contribution < -0.4 is 5.73 Å². The van der Waals surface area contributed by atoms with E-state index in [-0.39, 0.29) is 6.04 Å². The van der Waals surface area contributed by atoms with E-state index in [2.05, 4.69) is 17.2 Å². The third kappa shape index (κ3) is 3.36. The smallest absolute Gasteiger partial charge is 0.0991 e. The summed E-state index contributed by atoms with van der Waals surface area (Å²) in [5, 5.41) is 7.96. The summed E-state index contributed by atoms with van der Waals surface area (Å²) in [5.74, 6) is 2.23. The average molecular weight is 200 g/mol. The Kier molecular flexibility index (Phi) is 4.24. The van der Waals surface area contributed by atoms with Crippen LogP contribution in [-0.2, 0) is 6.54 Å². The van der Waals surface area contributed by atoms with Gasteiger partial charge in [0.25, 0.3) is 0 Å². The Morgan fingerprint density at radius 1 is 1.69 bits per heavy atom. The molecular formula is C8H16N4S. The third-order valence-electron chi connectivity index (χ3n) is 1.69. The van der Waals surface area contributed by atoms with Gasteiger partial charge >= 0.3 is 0 Å². The quantitative estimate of drug-likeness (QED) is 0.722. The van der Waals surface area contributed by atoms with Crippen molar-refractivity contribution >= 4 is 11.8 Å². The first-order valence-corrected chi connectivity index (χ1v) is 5.63. The van der Waals surface area contributed by atoms with E-state index < -0.39 is 0 Å². The molecule has 0 aliphatic carbocycles. The van der Waals surface area contributed by atoms with E-state index in [0.717, 1.165) is 23.7 Å². The lowest BCUT2D eigenvalue weighted by molar-refractivity contribution is 0.631. The number of aromatic nitrogens is 3. The second-order valence-corrected chi connectivity index (χ2v) is 4.29. The van der Waals surface area contributed by atoms with Crippen molar-refractivity contribution < 1.29 is 0 Å². The van der Waals surface area contributed by atoms with Crippen molar-refractivity contribution in [3.05, 3.63) is 11.9 Å². The van der Waals surface area contributed by atoms with Crippen molar-refractivity contribution in [3.8, 4) is 0 Å². The molecular weight excluding hydrogens is 184 g/mol. The number of nitrogens with two attached hydrogens (primary N) is 1. The van der Waals surface area contributed by atoms with Crippen molar-refractivity contribution in [2.75, 3.05) is 11.5 Å². The number of nitrogens with zero attached hydrogens (tertiary/aromatic N) is 3. The molecule has 13 heavy (non-hydrogen) atoms. The molecule has 0 spiro atoms. The maximum Gasteiger partial charge on any atom is 0.0991 e. The van der Waals surface area contributed by atoms with Crippen LogP contribution in [0.5, 0.6) is 0 Å². The first kappa shape index (κ1) is 10.5. The predicted molar refractivity (Wildman–Crippen MR) is 55.6 cm³/mol. The lowest BCUT2D eigenvalue weighted by atomic mass is 10.3. The summed E-state index contributed by atoms with van der Waals surface area (Å²) in [7, 11) is 0. The molecule has 0 fully saturated rings. The van der Waals surface area contributed by atoms with Crippen LogP contribution >= 0.6 is 11.8 Å². The fraction of sp³-hybridized carbons (Fsp3) is 0.750. The summed E-state index contributed by atoms with van der Waals surface area (Å²) in [5.41, 5.74) is 6.52. The van der Waals surface area contributed by atoms with Crippen molar-refractivity contribution in [2.24, 2.45) is 5.73 Å². The minimum absolute atomic E-state index is 0.0208. The molecule has 0 bridgehead atoms. The van der Waals surface area contributed by atoms with Crippen LogP contribution in [0, 0.1) is 0 Å². The summed E-state index contributed by atoms with van der Waals surface area (Å²) in [6.45, 7) is 4.98. The Morgan fingerprint density at radius 3 is 3.00 bits per heavy atom. The summed E-state index contributed by atoms with van der Waals surface area (Å²) in [6.07, 6.45) is 1.92. The summed E-state index contributed by atoms with van der Waals surface area (Å²) >= 11 is 1.90. The van der Waals surface area contributed by atoms with Crippen molar-refractivity contribution in [3.63, 3.8) is 0 Å². The first-order chi connectivity index (χ1) is 6.24. The zero-order chi connectivity index (χ0) is 9.68. The van der Waals surface area contributed by atoms with Crippen LogP contribution in [0.3, 0.4) is 0 Å². The number of aryl methyl sites for hydroxylation is 1. The minimum Gasteiger partial charge on any atom is -0.323 e. The van der Waals surface area contributed by atoms with E-state index in [4.69, 9.17) is 5.73 Å². The van der Waals surface area contributed by atoms with Gasteiger partial charge in [-0.15, -0.1) is 5.10 Å². The van der Waals surface area contributed by atoms with E-state index in [1.165, 1.54) is 0 Å². The zero-order valence-electron chi connectivity index (χ0n) is 8.10. The highest BCUT2D eigenvalue weighted by Gasteiger charge is 2.04. The molecule has 0 aliphatic heterocycles. The molecule has 1 heterocycles. The van der Waals surface area contributed by atoms with Gasteiger partial charge in [0.1, 0.15) is 0 Å². The second-order valence-electron chi connectivity index (χ2n) is 2.89. The molecule has 5 heteroatoms. The molecule has 1 aromatic heterocycles. The van der Waals surface area contributed by atoms with Crippen LogP contribution in [0.15, 0.2) is 6.20 Å². The topological polar surface area (TPSA) is 56.7 Å². The van der Waals surface area contributed by atoms with E-state index in [9.17, 15) is 0 Å². The summed E-state index contributed by atoms with van der Waals surface area (Å²) < 4.78 is 1.85. The Balaban J connectivity index is 2.40. The van der Waals surface area contributed by atoms with Gasteiger partial charge in [0.2, 0.25) is 0 Å². The SMILES string of the molecule is CCSCCn1cc(C(C)N)nn1. The fourth-order valence-corrected chi connectivity index (χ4v) is 1.54. The van der Waals surface area contributed by atoms with Gasteiger partial charge < -0.3 is 5.73 Å². The van der Waals surface area contributed by atoms with Crippen molar-refractivity contribution in [1.82, 2.24) is 15.0 Å². The van der Waals surface area contributed by atoms with Crippen LogP contribution in [0.1, 0.15) is 25.6 Å². The second kappa shape index (κ2) is 5.24. The Bertz CT molecular complexity index is 246. The van der Waals surface area contributed by atoms with Crippen molar-refractivity contribution in [1.29, 1.82) is 0 Å². The molecule has 0 radical (unpaired) electrons. The fourth-order valence-electron chi connectivity index (χ4n) is 0.934. The molecule has 0 aliphatic rings. The van der Waals surface area contributed by atoms with E-state index in [1.807, 2.05) is 29.6 Å². The molecule has 0 amide bonds. The lowest BCUT2D eigenvalue weighted by Gasteiger charge is -1.98. The van der Waals surface area contributed by atoms with E-state index >= 15 is 0 Å². The zero-order valence-corrected chi connectivity index (χ0v) is 8.92. The molecule has 0 saturated heterocycles. The van der Waals surface area contributed by atoms with Crippen molar-refractivity contribution in [2.45, 2.75) is 26.4 Å². The molecule has 2 N–H and O–H groups in total. The van der Waals surface area contributed by atoms with Crippen LogP contribution in [0.25, 0.3) is 0 Å². The maximum atomic E-state index is 5.66. The lowest BCUT2D eigenvalue weighted by Crippen LogP contribution is -2.05. The Morgan fingerprint density at radius 2 is 2.46 bits per heavy atom. The van der Waals surface area contributed by atoms with Gasteiger partial charge in [-0.05, 0) is 12.7 Å².